The summed E-state index contributed by atoms with van der Waals surface area (Å²) in [6, 6.07) is 0.347. The molecule has 0 bridgehead atoms. The van der Waals surface area contributed by atoms with Gasteiger partial charge in [0.25, 0.3) is 0 Å². The van der Waals surface area contributed by atoms with Crippen LogP contribution in [-0.4, -0.2) is 22.7 Å². The summed E-state index contributed by atoms with van der Waals surface area (Å²) in [7, 11) is 0. The van der Waals surface area contributed by atoms with Crippen LogP contribution in [-0.2, 0) is 0 Å². The maximum atomic E-state index is 5.48. The van der Waals surface area contributed by atoms with E-state index in [0.29, 0.717) is 17.9 Å². The van der Waals surface area contributed by atoms with E-state index in [0.717, 1.165) is 24.7 Å². The maximum Gasteiger partial charge on any atom is 0.231 e. The smallest absolute Gasteiger partial charge is 0.231 e. The van der Waals surface area contributed by atoms with E-state index in [4.69, 9.17) is 4.52 Å². The lowest BCUT2D eigenvalue weighted by Crippen LogP contribution is -2.34. The molecule has 0 saturated carbocycles. The van der Waals surface area contributed by atoms with Crippen molar-refractivity contribution in [2.45, 2.75) is 65.8 Å². The van der Waals surface area contributed by atoms with Gasteiger partial charge >= 0.3 is 0 Å². The van der Waals surface area contributed by atoms with Crippen LogP contribution in [0.5, 0.6) is 0 Å². The van der Waals surface area contributed by atoms with Gasteiger partial charge in [-0.2, -0.15) is 4.98 Å². The highest BCUT2D eigenvalue weighted by Gasteiger charge is 2.28. The van der Waals surface area contributed by atoms with Gasteiger partial charge in [-0.3, -0.25) is 0 Å². The predicted molar refractivity (Wildman–Crippen MR) is 73.7 cm³/mol. The summed E-state index contributed by atoms with van der Waals surface area (Å²) < 4.78 is 5.48. The SMILES string of the molecule is CCNC(C)C(c1nc(C(C)CC)no1)C(C)C. The van der Waals surface area contributed by atoms with Gasteiger partial charge < -0.3 is 9.84 Å². The fourth-order valence-corrected chi connectivity index (χ4v) is 2.29. The van der Waals surface area contributed by atoms with E-state index >= 15 is 0 Å². The minimum absolute atomic E-state index is 0.273. The van der Waals surface area contributed by atoms with Gasteiger partial charge in [0.2, 0.25) is 5.89 Å². The molecule has 1 N–H and O–H groups in total. The van der Waals surface area contributed by atoms with Crippen LogP contribution in [0.3, 0.4) is 0 Å². The monoisotopic (exact) mass is 253 g/mol. The molecule has 0 fully saturated rings. The van der Waals surface area contributed by atoms with E-state index in [1.54, 1.807) is 0 Å². The summed E-state index contributed by atoms with van der Waals surface area (Å²) in [5.74, 6) is 2.72. The van der Waals surface area contributed by atoms with Crippen LogP contribution < -0.4 is 5.32 Å². The van der Waals surface area contributed by atoms with Gasteiger partial charge in [0.05, 0.1) is 5.92 Å². The molecule has 104 valence electrons. The average Bonchev–Trinajstić information content (AvgIpc) is 2.77. The minimum Gasteiger partial charge on any atom is -0.339 e. The number of hydrogen-bond donors (Lipinski definition) is 1. The first-order valence-electron chi connectivity index (χ1n) is 7.08. The summed E-state index contributed by atoms with van der Waals surface area (Å²) in [6.07, 6.45) is 1.04. The fourth-order valence-electron chi connectivity index (χ4n) is 2.29. The van der Waals surface area contributed by atoms with Gasteiger partial charge in [-0.25, -0.2) is 0 Å². The molecule has 3 unspecified atom stereocenters. The topological polar surface area (TPSA) is 51.0 Å². The van der Waals surface area contributed by atoms with Gasteiger partial charge in [0.1, 0.15) is 0 Å². The van der Waals surface area contributed by atoms with Crippen molar-refractivity contribution >= 4 is 0 Å². The van der Waals surface area contributed by atoms with E-state index in [-0.39, 0.29) is 5.92 Å². The molecule has 0 saturated heterocycles. The molecule has 1 rings (SSSR count). The number of rotatable bonds is 7. The van der Waals surface area contributed by atoms with Crippen molar-refractivity contribution in [1.29, 1.82) is 0 Å². The Morgan fingerprint density at radius 2 is 1.83 bits per heavy atom. The fraction of sp³-hybridized carbons (Fsp3) is 0.857. The molecule has 1 aromatic rings. The Morgan fingerprint density at radius 1 is 1.17 bits per heavy atom. The van der Waals surface area contributed by atoms with Gasteiger partial charge in [-0.05, 0) is 25.8 Å². The lowest BCUT2D eigenvalue weighted by atomic mass is 9.89. The van der Waals surface area contributed by atoms with E-state index in [1.165, 1.54) is 0 Å². The second-order valence-corrected chi connectivity index (χ2v) is 5.42. The van der Waals surface area contributed by atoms with Gasteiger partial charge in [-0.15, -0.1) is 0 Å². The number of hydrogen-bond acceptors (Lipinski definition) is 4. The Balaban J connectivity index is 2.89. The second kappa shape index (κ2) is 6.88. The average molecular weight is 253 g/mol. The van der Waals surface area contributed by atoms with Crippen molar-refractivity contribution in [2.75, 3.05) is 6.54 Å². The summed E-state index contributed by atoms with van der Waals surface area (Å²) in [5, 5.41) is 7.57. The van der Waals surface area contributed by atoms with Crippen LogP contribution in [0.4, 0.5) is 0 Å². The normalized spacial score (nSPS) is 16.8. The van der Waals surface area contributed by atoms with E-state index in [9.17, 15) is 0 Å². The Morgan fingerprint density at radius 3 is 2.33 bits per heavy atom. The standard InChI is InChI=1S/C14H27N3O/c1-7-10(5)13-16-14(18-17-13)12(9(3)4)11(6)15-8-2/h9-12,15H,7-8H2,1-6H3. The Bertz CT molecular complexity index is 349. The van der Waals surface area contributed by atoms with E-state index in [1.807, 2.05) is 0 Å². The first-order valence-corrected chi connectivity index (χ1v) is 7.08. The number of nitrogens with one attached hydrogen (secondary N) is 1. The van der Waals surface area contributed by atoms with Crippen molar-refractivity contribution in [3.8, 4) is 0 Å². The van der Waals surface area contributed by atoms with Crippen molar-refractivity contribution in [3.05, 3.63) is 11.7 Å². The van der Waals surface area contributed by atoms with Crippen LogP contribution in [0.25, 0.3) is 0 Å². The number of likely N-dealkylation sites (N-methyl/N-ethyl adjacent to an activating group) is 1. The van der Waals surface area contributed by atoms with Crippen LogP contribution in [0, 0.1) is 5.92 Å². The predicted octanol–water partition coefficient (Wildman–Crippen LogP) is 3.32. The molecular formula is C14H27N3O. The van der Waals surface area contributed by atoms with Crippen molar-refractivity contribution in [1.82, 2.24) is 15.5 Å². The zero-order chi connectivity index (χ0) is 13.7. The van der Waals surface area contributed by atoms with Crippen molar-refractivity contribution in [2.24, 2.45) is 5.92 Å². The summed E-state index contributed by atoms with van der Waals surface area (Å²) in [6.45, 7) is 13.9. The molecule has 4 nitrogen and oxygen atoms in total. The zero-order valence-electron chi connectivity index (χ0n) is 12.5. The highest BCUT2D eigenvalue weighted by atomic mass is 16.5. The molecule has 3 atom stereocenters. The zero-order valence-corrected chi connectivity index (χ0v) is 12.5. The lowest BCUT2D eigenvalue weighted by molar-refractivity contribution is 0.280. The number of aromatic nitrogens is 2. The molecule has 0 amide bonds. The van der Waals surface area contributed by atoms with Gasteiger partial charge in [0.15, 0.2) is 5.82 Å². The summed E-state index contributed by atoms with van der Waals surface area (Å²) in [4.78, 5) is 4.59. The first-order chi connectivity index (χ1) is 8.51. The molecule has 1 heterocycles. The molecule has 1 aromatic heterocycles. The van der Waals surface area contributed by atoms with E-state index in [2.05, 4.69) is 57.0 Å². The molecule has 0 aliphatic carbocycles. The molecule has 0 spiro atoms. The van der Waals surface area contributed by atoms with Gasteiger partial charge in [-0.1, -0.05) is 39.8 Å². The third-order valence-corrected chi connectivity index (χ3v) is 3.58. The highest BCUT2D eigenvalue weighted by Crippen LogP contribution is 2.28. The molecule has 0 aliphatic heterocycles. The quantitative estimate of drug-likeness (QED) is 0.810. The Labute approximate surface area is 111 Å². The summed E-state index contributed by atoms with van der Waals surface area (Å²) in [5.41, 5.74) is 0. The van der Waals surface area contributed by atoms with Crippen molar-refractivity contribution < 1.29 is 4.52 Å². The third kappa shape index (κ3) is 3.55. The van der Waals surface area contributed by atoms with Crippen LogP contribution >= 0.6 is 0 Å². The van der Waals surface area contributed by atoms with Crippen molar-refractivity contribution in [3.63, 3.8) is 0 Å². The lowest BCUT2D eigenvalue weighted by Gasteiger charge is -2.24. The second-order valence-electron chi connectivity index (χ2n) is 5.42. The molecule has 0 aliphatic rings. The molecule has 4 heteroatoms. The number of nitrogens with zero attached hydrogens (tertiary/aromatic N) is 2. The molecule has 0 aromatic carbocycles. The van der Waals surface area contributed by atoms with Crippen LogP contribution in [0.2, 0.25) is 0 Å². The largest absolute Gasteiger partial charge is 0.339 e. The summed E-state index contributed by atoms with van der Waals surface area (Å²) >= 11 is 0. The van der Waals surface area contributed by atoms with Crippen LogP contribution in [0.15, 0.2) is 4.52 Å². The molecular weight excluding hydrogens is 226 g/mol. The van der Waals surface area contributed by atoms with Crippen LogP contribution in [0.1, 0.15) is 71.5 Å². The van der Waals surface area contributed by atoms with E-state index < -0.39 is 0 Å². The Hall–Kier alpha value is -0.900. The Kier molecular flexibility index (Phi) is 5.79. The minimum atomic E-state index is 0.273. The third-order valence-electron chi connectivity index (χ3n) is 3.58. The highest BCUT2D eigenvalue weighted by molar-refractivity contribution is 5.02. The first kappa shape index (κ1) is 15.2. The molecule has 18 heavy (non-hydrogen) atoms. The maximum absolute atomic E-state index is 5.48. The van der Waals surface area contributed by atoms with Gasteiger partial charge in [0, 0.05) is 12.0 Å². The molecule has 0 radical (unpaired) electrons.